The van der Waals surface area contributed by atoms with Crippen molar-refractivity contribution in [3.63, 3.8) is 0 Å². The largest absolute Gasteiger partial charge is 0.310 e. The Morgan fingerprint density at radius 1 is 1.45 bits per heavy atom. The first kappa shape index (κ1) is 16.5. The van der Waals surface area contributed by atoms with Crippen molar-refractivity contribution in [3.8, 4) is 0 Å². The highest BCUT2D eigenvalue weighted by Gasteiger charge is 2.31. The molecular formula is C15H18ClFN4O. The van der Waals surface area contributed by atoms with Crippen molar-refractivity contribution in [2.24, 2.45) is 7.05 Å². The molecule has 1 unspecified atom stereocenters. The molecule has 0 saturated carbocycles. The van der Waals surface area contributed by atoms with Crippen LogP contribution in [-0.2, 0) is 18.3 Å². The summed E-state index contributed by atoms with van der Waals surface area (Å²) in [6.07, 6.45) is 4.23. The monoisotopic (exact) mass is 324 g/mol. The molecule has 0 fully saturated rings. The Balaban J connectivity index is 0.00000176. The lowest BCUT2D eigenvalue weighted by atomic mass is 10.1. The third-order valence-corrected chi connectivity index (χ3v) is 3.80. The van der Waals surface area contributed by atoms with Gasteiger partial charge in [0.25, 0.3) is 0 Å². The molecule has 1 amide bonds. The minimum absolute atomic E-state index is 0. The van der Waals surface area contributed by atoms with Gasteiger partial charge in [-0.1, -0.05) is 6.07 Å². The quantitative estimate of drug-likeness (QED) is 0.937. The fourth-order valence-corrected chi connectivity index (χ4v) is 2.76. The standard InChI is InChI=1S/C15H17FN4O.ClH/c1-17-14(11-8-18-19(2)9-11)15(21)20-6-5-10-3-4-12(16)7-13(10)20;/h3-4,7-9,14,17H,5-6H2,1-2H3;1H. The highest BCUT2D eigenvalue weighted by Crippen LogP contribution is 2.31. The molecule has 1 aromatic carbocycles. The predicted molar refractivity (Wildman–Crippen MR) is 84.7 cm³/mol. The van der Waals surface area contributed by atoms with Crippen molar-refractivity contribution in [3.05, 3.63) is 47.5 Å². The number of nitrogens with one attached hydrogen (secondary N) is 1. The number of hydrogen-bond acceptors (Lipinski definition) is 3. The molecule has 2 aromatic rings. The van der Waals surface area contributed by atoms with Crippen LogP contribution in [0, 0.1) is 5.82 Å². The molecule has 1 aliphatic heterocycles. The third kappa shape index (κ3) is 2.84. The maximum absolute atomic E-state index is 13.4. The van der Waals surface area contributed by atoms with E-state index in [-0.39, 0.29) is 24.1 Å². The van der Waals surface area contributed by atoms with Crippen molar-refractivity contribution in [2.75, 3.05) is 18.5 Å². The molecule has 22 heavy (non-hydrogen) atoms. The molecule has 0 radical (unpaired) electrons. The van der Waals surface area contributed by atoms with E-state index < -0.39 is 6.04 Å². The van der Waals surface area contributed by atoms with Crippen LogP contribution in [0.4, 0.5) is 10.1 Å². The summed E-state index contributed by atoms with van der Waals surface area (Å²) in [7, 11) is 3.54. The van der Waals surface area contributed by atoms with Crippen molar-refractivity contribution in [2.45, 2.75) is 12.5 Å². The van der Waals surface area contributed by atoms with Gasteiger partial charge in [-0.05, 0) is 31.2 Å². The van der Waals surface area contributed by atoms with Crippen molar-refractivity contribution in [1.29, 1.82) is 0 Å². The zero-order valence-electron chi connectivity index (χ0n) is 12.4. The summed E-state index contributed by atoms with van der Waals surface area (Å²) < 4.78 is 15.1. The summed E-state index contributed by atoms with van der Waals surface area (Å²) in [6, 6.07) is 4.13. The second-order valence-electron chi connectivity index (χ2n) is 5.18. The van der Waals surface area contributed by atoms with Gasteiger partial charge in [0.15, 0.2) is 0 Å². The fraction of sp³-hybridized carbons (Fsp3) is 0.333. The number of carbonyl (C=O) groups excluding carboxylic acids is 1. The Bertz CT molecular complexity index is 688. The van der Waals surface area contributed by atoms with E-state index in [9.17, 15) is 9.18 Å². The normalized spacial score (nSPS) is 14.4. The SMILES string of the molecule is CNC(C(=O)N1CCc2ccc(F)cc21)c1cnn(C)c1.Cl. The zero-order valence-corrected chi connectivity index (χ0v) is 13.2. The van der Waals surface area contributed by atoms with Gasteiger partial charge in [-0.2, -0.15) is 5.10 Å². The van der Waals surface area contributed by atoms with Gasteiger partial charge in [0.2, 0.25) is 5.91 Å². The average molecular weight is 325 g/mol. The number of aromatic nitrogens is 2. The van der Waals surface area contributed by atoms with E-state index in [1.807, 2.05) is 6.20 Å². The van der Waals surface area contributed by atoms with E-state index in [1.54, 1.807) is 35.9 Å². The molecule has 7 heteroatoms. The number of hydrogen-bond donors (Lipinski definition) is 1. The number of nitrogens with zero attached hydrogens (tertiary/aromatic N) is 3. The molecule has 1 aliphatic rings. The maximum atomic E-state index is 13.4. The summed E-state index contributed by atoms with van der Waals surface area (Å²) in [5.41, 5.74) is 2.48. The number of rotatable bonds is 3. The van der Waals surface area contributed by atoms with Gasteiger partial charge in [-0.25, -0.2) is 4.39 Å². The minimum atomic E-state index is -0.479. The van der Waals surface area contributed by atoms with Gasteiger partial charge in [0, 0.05) is 31.0 Å². The number of aryl methyl sites for hydroxylation is 1. The van der Waals surface area contributed by atoms with Crippen LogP contribution >= 0.6 is 12.4 Å². The van der Waals surface area contributed by atoms with Crippen LogP contribution in [0.15, 0.2) is 30.6 Å². The number of halogens is 2. The van der Waals surface area contributed by atoms with E-state index in [4.69, 9.17) is 0 Å². The van der Waals surface area contributed by atoms with Gasteiger partial charge in [-0.3, -0.25) is 9.48 Å². The average Bonchev–Trinajstić information content (AvgIpc) is 3.05. The number of amides is 1. The topological polar surface area (TPSA) is 50.2 Å². The first-order valence-electron chi connectivity index (χ1n) is 6.86. The molecule has 2 heterocycles. The molecule has 3 rings (SSSR count). The highest BCUT2D eigenvalue weighted by molar-refractivity contribution is 5.99. The minimum Gasteiger partial charge on any atom is -0.310 e. The van der Waals surface area contributed by atoms with E-state index in [0.29, 0.717) is 12.2 Å². The second-order valence-corrected chi connectivity index (χ2v) is 5.18. The lowest BCUT2D eigenvalue weighted by molar-refractivity contribution is -0.120. The lowest BCUT2D eigenvalue weighted by Crippen LogP contribution is -2.39. The molecule has 1 N–H and O–H groups in total. The second kappa shape index (κ2) is 6.46. The molecule has 5 nitrogen and oxygen atoms in total. The van der Waals surface area contributed by atoms with Crippen LogP contribution in [0.5, 0.6) is 0 Å². The van der Waals surface area contributed by atoms with Crippen LogP contribution in [0.3, 0.4) is 0 Å². The molecule has 0 bridgehead atoms. The summed E-state index contributed by atoms with van der Waals surface area (Å²) in [4.78, 5) is 14.4. The molecule has 1 atom stereocenters. The molecule has 0 spiro atoms. The van der Waals surface area contributed by atoms with Gasteiger partial charge >= 0.3 is 0 Å². The smallest absolute Gasteiger partial charge is 0.248 e. The van der Waals surface area contributed by atoms with Gasteiger partial charge in [0.1, 0.15) is 11.9 Å². The van der Waals surface area contributed by atoms with Crippen molar-refractivity contribution in [1.82, 2.24) is 15.1 Å². The Hall–Kier alpha value is -1.92. The van der Waals surface area contributed by atoms with Crippen LogP contribution < -0.4 is 10.2 Å². The summed E-state index contributed by atoms with van der Waals surface area (Å²) in [5.74, 6) is -0.411. The highest BCUT2D eigenvalue weighted by atomic mass is 35.5. The Morgan fingerprint density at radius 2 is 2.23 bits per heavy atom. The summed E-state index contributed by atoms with van der Waals surface area (Å²) in [6.45, 7) is 0.579. The number of anilines is 1. The molecule has 1 aromatic heterocycles. The first-order valence-corrected chi connectivity index (χ1v) is 6.86. The van der Waals surface area contributed by atoms with Gasteiger partial charge in [-0.15, -0.1) is 12.4 Å². The summed E-state index contributed by atoms with van der Waals surface area (Å²) >= 11 is 0. The summed E-state index contributed by atoms with van der Waals surface area (Å²) in [5, 5.41) is 7.11. The fourth-order valence-electron chi connectivity index (χ4n) is 2.76. The predicted octanol–water partition coefficient (Wildman–Crippen LogP) is 1.83. The van der Waals surface area contributed by atoms with Crippen LogP contribution in [-0.4, -0.2) is 29.3 Å². The Morgan fingerprint density at radius 3 is 2.86 bits per heavy atom. The van der Waals surface area contributed by atoms with Crippen LogP contribution in [0.1, 0.15) is 17.2 Å². The Labute approximate surface area is 134 Å². The maximum Gasteiger partial charge on any atom is 0.248 e. The molecule has 0 saturated heterocycles. The van der Waals surface area contributed by atoms with Gasteiger partial charge < -0.3 is 10.2 Å². The van der Waals surface area contributed by atoms with Crippen LogP contribution in [0.2, 0.25) is 0 Å². The third-order valence-electron chi connectivity index (χ3n) is 3.80. The van der Waals surface area contributed by atoms with E-state index in [2.05, 4.69) is 10.4 Å². The van der Waals surface area contributed by atoms with Crippen molar-refractivity contribution >= 4 is 24.0 Å². The molecule has 118 valence electrons. The van der Waals surface area contributed by atoms with Crippen LogP contribution in [0.25, 0.3) is 0 Å². The number of fused-ring (bicyclic) bond motifs is 1. The van der Waals surface area contributed by atoms with E-state index in [1.165, 1.54) is 12.1 Å². The number of carbonyl (C=O) groups is 1. The number of benzene rings is 1. The first-order chi connectivity index (χ1) is 10.1. The molecule has 0 aliphatic carbocycles. The zero-order chi connectivity index (χ0) is 15.0. The van der Waals surface area contributed by atoms with Gasteiger partial charge in [0.05, 0.1) is 6.20 Å². The molecular weight excluding hydrogens is 307 g/mol. The lowest BCUT2D eigenvalue weighted by Gasteiger charge is -2.23. The Kier molecular flexibility index (Phi) is 4.83. The number of likely N-dealkylation sites (N-methyl/N-ethyl adjacent to an activating group) is 1. The van der Waals surface area contributed by atoms with E-state index >= 15 is 0 Å². The van der Waals surface area contributed by atoms with Crippen molar-refractivity contribution < 1.29 is 9.18 Å². The van der Waals surface area contributed by atoms with E-state index in [0.717, 1.165) is 17.5 Å².